The van der Waals surface area contributed by atoms with Gasteiger partial charge in [0.05, 0.1) is 5.56 Å². The number of benzene rings is 1. The first kappa shape index (κ1) is 19.7. The van der Waals surface area contributed by atoms with E-state index in [0.29, 0.717) is 11.5 Å². The van der Waals surface area contributed by atoms with Crippen molar-refractivity contribution in [2.75, 3.05) is 0 Å². The Labute approximate surface area is 139 Å². The van der Waals surface area contributed by atoms with Gasteiger partial charge in [0, 0.05) is 0 Å². The van der Waals surface area contributed by atoms with Gasteiger partial charge in [-0.05, 0) is 71.1 Å². The van der Waals surface area contributed by atoms with E-state index in [-0.39, 0.29) is 5.97 Å². The molecule has 0 saturated heterocycles. The fourth-order valence-corrected chi connectivity index (χ4v) is 2.49. The average Bonchev–Trinajstić information content (AvgIpc) is 2.88. The highest BCUT2D eigenvalue weighted by atomic mass is 16.6. The number of hydrogen-bond acceptors (Lipinski definition) is 4. The number of ether oxygens (including phenoxy) is 1. The van der Waals surface area contributed by atoms with E-state index in [1.165, 1.54) is 45.1 Å². The molecule has 0 aliphatic heterocycles. The van der Waals surface area contributed by atoms with Crippen LogP contribution in [0.15, 0.2) is 24.3 Å². The van der Waals surface area contributed by atoms with E-state index in [1.54, 1.807) is 0 Å². The normalized spacial score (nSPS) is 15.8. The van der Waals surface area contributed by atoms with Gasteiger partial charge in [-0.3, -0.25) is 0 Å². The summed E-state index contributed by atoms with van der Waals surface area (Å²) in [7, 11) is 0. The molecular formula is C19H30O4. The average molecular weight is 322 g/mol. The SMILES string of the molecule is CC(C)(C)OC(=O)c1ccc(C2CCCC2)cc1.CC(C)(O)O. The molecule has 4 heteroatoms. The maximum Gasteiger partial charge on any atom is 0.338 e. The molecule has 1 fully saturated rings. The van der Waals surface area contributed by atoms with Gasteiger partial charge in [0.1, 0.15) is 5.60 Å². The Hall–Kier alpha value is -1.39. The van der Waals surface area contributed by atoms with E-state index in [9.17, 15) is 4.79 Å². The predicted octanol–water partition coefficient (Wildman–Crippen LogP) is 4.01. The minimum atomic E-state index is -1.50. The van der Waals surface area contributed by atoms with Crippen LogP contribution < -0.4 is 0 Å². The molecule has 1 aliphatic rings. The summed E-state index contributed by atoms with van der Waals surface area (Å²) in [5, 5.41) is 16.2. The Bertz CT molecular complexity index is 480. The molecule has 0 atom stereocenters. The van der Waals surface area contributed by atoms with Crippen molar-refractivity contribution in [3.63, 3.8) is 0 Å². The molecule has 2 rings (SSSR count). The second-order valence-corrected chi connectivity index (χ2v) is 7.60. The Balaban J connectivity index is 0.000000463. The van der Waals surface area contributed by atoms with Gasteiger partial charge < -0.3 is 14.9 Å². The summed E-state index contributed by atoms with van der Waals surface area (Å²) in [6, 6.07) is 7.94. The van der Waals surface area contributed by atoms with E-state index >= 15 is 0 Å². The Kier molecular flexibility index (Phi) is 6.78. The molecule has 1 saturated carbocycles. The first-order chi connectivity index (χ1) is 10.5. The van der Waals surface area contributed by atoms with Gasteiger partial charge >= 0.3 is 5.97 Å². The van der Waals surface area contributed by atoms with Crippen molar-refractivity contribution in [1.82, 2.24) is 0 Å². The van der Waals surface area contributed by atoms with Gasteiger partial charge in [-0.25, -0.2) is 4.79 Å². The lowest BCUT2D eigenvalue weighted by molar-refractivity contribution is -0.127. The summed E-state index contributed by atoms with van der Waals surface area (Å²) in [5.41, 5.74) is 1.58. The Morgan fingerprint density at radius 2 is 1.43 bits per heavy atom. The van der Waals surface area contributed by atoms with Crippen LogP contribution in [-0.4, -0.2) is 27.6 Å². The zero-order chi connectivity index (χ0) is 17.7. The van der Waals surface area contributed by atoms with E-state index in [4.69, 9.17) is 14.9 Å². The van der Waals surface area contributed by atoms with Gasteiger partial charge in [-0.2, -0.15) is 0 Å². The van der Waals surface area contributed by atoms with Crippen LogP contribution in [0, 0.1) is 0 Å². The predicted molar refractivity (Wildman–Crippen MR) is 91.3 cm³/mol. The third-order valence-electron chi connectivity index (χ3n) is 3.37. The van der Waals surface area contributed by atoms with Gasteiger partial charge in [-0.15, -0.1) is 0 Å². The minimum Gasteiger partial charge on any atom is -0.456 e. The van der Waals surface area contributed by atoms with Crippen molar-refractivity contribution >= 4 is 5.97 Å². The van der Waals surface area contributed by atoms with Crippen molar-refractivity contribution in [1.29, 1.82) is 0 Å². The fraction of sp³-hybridized carbons (Fsp3) is 0.632. The number of hydrogen-bond donors (Lipinski definition) is 2. The molecular weight excluding hydrogens is 292 g/mol. The van der Waals surface area contributed by atoms with Crippen LogP contribution in [0.2, 0.25) is 0 Å². The summed E-state index contributed by atoms with van der Waals surface area (Å²) >= 11 is 0. The first-order valence-electron chi connectivity index (χ1n) is 8.24. The third kappa shape index (κ3) is 8.72. The highest BCUT2D eigenvalue weighted by molar-refractivity contribution is 5.89. The van der Waals surface area contributed by atoms with Crippen molar-refractivity contribution < 1.29 is 19.7 Å². The molecule has 0 heterocycles. The lowest BCUT2D eigenvalue weighted by atomic mass is 9.97. The van der Waals surface area contributed by atoms with Crippen LogP contribution in [0.5, 0.6) is 0 Å². The molecule has 0 bridgehead atoms. The van der Waals surface area contributed by atoms with Crippen molar-refractivity contribution in [3.05, 3.63) is 35.4 Å². The van der Waals surface area contributed by atoms with Crippen molar-refractivity contribution in [3.8, 4) is 0 Å². The van der Waals surface area contributed by atoms with Crippen LogP contribution in [0.25, 0.3) is 0 Å². The van der Waals surface area contributed by atoms with Crippen molar-refractivity contribution in [2.45, 2.75) is 77.6 Å². The molecule has 0 unspecified atom stereocenters. The number of rotatable bonds is 2. The maximum atomic E-state index is 11.9. The lowest BCUT2D eigenvalue weighted by Crippen LogP contribution is -2.23. The highest BCUT2D eigenvalue weighted by Crippen LogP contribution is 2.34. The largest absolute Gasteiger partial charge is 0.456 e. The minimum absolute atomic E-state index is 0.236. The number of carbonyl (C=O) groups excluding carboxylic acids is 1. The zero-order valence-electron chi connectivity index (χ0n) is 14.9. The van der Waals surface area contributed by atoms with E-state index < -0.39 is 11.4 Å². The van der Waals surface area contributed by atoms with E-state index in [0.717, 1.165) is 0 Å². The van der Waals surface area contributed by atoms with E-state index in [2.05, 4.69) is 12.1 Å². The van der Waals surface area contributed by atoms with Crippen LogP contribution in [-0.2, 0) is 4.74 Å². The van der Waals surface area contributed by atoms with E-state index in [1.807, 2.05) is 32.9 Å². The molecule has 1 aromatic carbocycles. The monoisotopic (exact) mass is 322 g/mol. The Morgan fingerprint density at radius 3 is 1.83 bits per heavy atom. The summed E-state index contributed by atoms with van der Waals surface area (Å²) in [5.74, 6) is -1.04. The second-order valence-electron chi connectivity index (χ2n) is 7.60. The molecule has 2 N–H and O–H groups in total. The quantitative estimate of drug-likeness (QED) is 0.638. The fourth-order valence-electron chi connectivity index (χ4n) is 2.49. The summed E-state index contributed by atoms with van der Waals surface area (Å²) in [4.78, 5) is 11.9. The molecule has 1 aliphatic carbocycles. The molecule has 0 aromatic heterocycles. The third-order valence-corrected chi connectivity index (χ3v) is 3.37. The van der Waals surface area contributed by atoms with Gasteiger partial charge in [0.15, 0.2) is 5.79 Å². The summed E-state index contributed by atoms with van der Waals surface area (Å²) < 4.78 is 5.35. The number of aliphatic hydroxyl groups is 2. The van der Waals surface area contributed by atoms with Gasteiger partial charge in [-0.1, -0.05) is 25.0 Å². The highest BCUT2D eigenvalue weighted by Gasteiger charge is 2.20. The van der Waals surface area contributed by atoms with Crippen molar-refractivity contribution in [2.24, 2.45) is 0 Å². The topological polar surface area (TPSA) is 66.8 Å². The molecule has 1 aromatic rings. The van der Waals surface area contributed by atoms with Gasteiger partial charge in [0.2, 0.25) is 0 Å². The van der Waals surface area contributed by atoms with Gasteiger partial charge in [0.25, 0.3) is 0 Å². The second kappa shape index (κ2) is 7.93. The molecule has 4 nitrogen and oxygen atoms in total. The maximum absolute atomic E-state index is 11.9. The molecule has 130 valence electrons. The number of esters is 1. The summed E-state index contributed by atoms with van der Waals surface area (Å²) in [6.07, 6.45) is 5.23. The molecule has 0 spiro atoms. The lowest BCUT2D eigenvalue weighted by Gasteiger charge is -2.19. The first-order valence-corrected chi connectivity index (χ1v) is 8.24. The van der Waals surface area contributed by atoms with Crippen LogP contribution in [0.1, 0.15) is 82.1 Å². The standard InChI is InChI=1S/C16H22O2.C3H8O2/c1-16(2,3)18-15(17)14-10-8-13(9-11-14)12-6-4-5-7-12;1-3(2,4)5/h8-12H,4-7H2,1-3H3;4-5H,1-2H3. The number of carbonyl (C=O) groups is 1. The van der Waals surface area contributed by atoms with Crippen LogP contribution in [0.3, 0.4) is 0 Å². The Morgan fingerprint density at radius 1 is 1.00 bits per heavy atom. The van der Waals surface area contributed by atoms with Crippen LogP contribution >= 0.6 is 0 Å². The molecule has 0 amide bonds. The smallest absolute Gasteiger partial charge is 0.338 e. The molecule has 23 heavy (non-hydrogen) atoms. The molecule has 0 radical (unpaired) electrons. The van der Waals surface area contributed by atoms with Crippen LogP contribution in [0.4, 0.5) is 0 Å². The zero-order valence-corrected chi connectivity index (χ0v) is 14.9. The summed E-state index contributed by atoms with van der Waals surface area (Å²) in [6.45, 7) is 8.26.